The fourth-order valence-electron chi connectivity index (χ4n) is 7.55. The van der Waals surface area contributed by atoms with Crippen molar-refractivity contribution in [1.29, 1.82) is 0 Å². The van der Waals surface area contributed by atoms with Crippen molar-refractivity contribution in [3.05, 3.63) is 34.9 Å². The van der Waals surface area contributed by atoms with Crippen molar-refractivity contribution in [2.24, 2.45) is 16.7 Å². The van der Waals surface area contributed by atoms with Gasteiger partial charge >= 0.3 is 0 Å². The topological polar surface area (TPSA) is 64.2 Å². The minimum atomic E-state index is -0.561. The molecule has 2 saturated heterocycles. The summed E-state index contributed by atoms with van der Waals surface area (Å²) in [5, 5.41) is 0.687. The first-order chi connectivity index (χ1) is 19.7. The summed E-state index contributed by atoms with van der Waals surface area (Å²) in [5.74, 6) is -0.0578. The smallest absolute Gasteiger partial charge is 0.244 e. The second kappa shape index (κ2) is 11.8. The number of carbonyl (C=O) groups excluding carboxylic acids is 3. The van der Waals surface area contributed by atoms with E-state index in [2.05, 4.69) is 23.6 Å². The predicted molar refractivity (Wildman–Crippen MR) is 167 cm³/mol. The molecule has 2 aliphatic heterocycles. The van der Waals surface area contributed by atoms with Gasteiger partial charge in [0.25, 0.3) is 0 Å². The Kier molecular flexibility index (Phi) is 8.77. The zero-order chi connectivity index (χ0) is 30.6. The van der Waals surface area contributed by atoms with Gasteiger partial charge in [-0.15, -0.1) is 0 Å². The van der Waals surface area contributed by atoms with Crippen LogP contribution in [0.4, 0.5) is 0 Å². The van der Waals surface area contributed by atoms with Crippen LogP contribution in [0.25, 0.3) is 0 Å². The van der Waals surface area contributed by atoms with Gasteiger partial charge in [0.1, 0.15) is 6.04 Å². The van der Waals surface area contributed by atoms with E-state index >= 15 is 0 Å². The number of amides is 3. The average molecular weight is 599 g/mol. The number of rotatable bonds is 6. The largest absolute Gasteiger partial charge is 0.347 e. The summed E-state index contributed by atoms with van der Waals surface area (Å²) in [6, 6.07) is 7.87. The van der Waals surface area contributed by atoms with Crippen LogP contribution in [0.15, 0.2) is 24.3 Å². The molecular formula is C34H51ClN4O3. The van der Waals surface area contributed by atoms with Gasteiger partial charge in [-0.3, -0.25) is 19.3 Å². The molecule has 1 unspecified atom stereocenters. The van der Waals surface area contributed by atoms with Crippen LogP contribution in [-0.4, -0.2) is 95.2 Å². The van der Waals surface area contributed by atoms with Gasteiger partial charge in [-0.25, -0.2) is 0 Å². The maximum Gasteiger partial charge on any atom is 0.244 e. The molecule has 2 aliphatic carbocycles. The monoisotopic (exact) mass is 598 g/mol. The molecule has 2 saturated carbocycles. The lowest BCUT2D eigenvalue weighted by molar-refractivity contribution is -0.147. The Morgan fingerprint density at radius 3 is 2.07 bits per heavy atom. The van der Waals surface area contributed by atoms with Crippen molar-refractivity contribution in [2.75, 3.05) is 33.7 Å². The summed E-state index contributed by atoms with van der Waals surface area (Å²) in [6.45, 7) is 12.5. The Bertz CT molecular complexity index is 1160. The third-order valence-electron chi connectivity index (χ3n) is 10.3. The molecule has 1 aromatic carbocycles. The zero-order valence-electron chi connectivity index (χ0n) is 26.7. The van der Waals surface area contributed by atoms with Gasteiger partial charge in [-0.1, -0.05) is 58.4 Å². The lowest BCUT2D eigenvalue weighted by Gasteiger charge is -2.45. The standard InChI is InChI=1S/C34H51ClN4O3/c1-33(2,3)32(42)39(25-14-16-34(4,5)17-15-25)26-18-29(31(41)36(6)7)38(19-26)30(40)28-21-37(24-12-13-24)20-27(28)22-8-10-23(35)11-9-22/h8-11,24-29H,12-21H2,1-7H3/t26?,27-,28+,29-/m0/s1. The van der Waals surface area contributed by atoms with Gasteiger partial charge < -0.3 is 14.7 Å². The highest BCUT2D eigenvalue weighted by Crippen LogP contribution is 2.43. The highest BCUT2D eigenvalue weighted by molar-refractivity contribution is 6.30. The molecule has 42 heavy (non-hydrogen) atoms. The molecule has 1 aromatic rings. The van der Waals surface area contributed by atoms with Crippen LogP contribution in [0.5, 0.6) is 0 Å². The Morgan fingerprint density at radius 1 is 0.905 bits per heavy atom. The fraction of sp³-hybridized carbons (Fsp3) is 0.735. The molecule has 4 fully saturated rings. The SMILES string of the molecule is CN(C)C(=O)[C@@H]1CC(N(C(=O)C(C)(C)C)C2CCC(C)(C)CC2)CN1C(=O)[C@@H]1CN(C2CC2)C[C@H]1c1ccc(Cl)cc1. The molecule has 8 heteroatoms. The maximum absolute atomic E-state index is 14.6. The number of hydrogen-bond acceptors (Lipinski definition) is 4. The molecule has 0 N–H and O–H groups in total. The lowest BCUT2D eigenvalue weighted by atomic mass is 9.74. The fourth-order valence-corrected chi connectivity index (χ4v) is 7.68. The van der Waals surface area contributed by atoms with Crippen LogP contribution in [0.1, 0.15) is 91.0 Å². The summed E-state index contributed by atoms with van der Waals surface area (Å²) in [6.07, 6.45) is 6.93. The average Bonchev–Trinajstić information content (AvgIpc) is 3.53. The molecule has 3 amide bonds. The Hall–Kier alpha value is -2.12. The van der Waals surface area contributed by atoms with E-state index in [0.717, 1.165) is 37.8 Å². The second-order valence-electron chi connectivity index (χ2n) is 15.4. The number of likely N-dealkylation sites (N-methyl/N-ethyl adjacent to an activating group) is 1. The van der Waals surface area contributed by atoms with Crippen molar-refractivity contribution < 1.29 is 14.4 Å². The van der Waals surface area contributed by atoms with Gasteiger partial charge in [0.05, 0.1) is 12.0 Å². The number of benzene rings is 1. The van der Waals surface area contributed by atoms with Gasteiger partial charge in [0.2, 0.25) is 17.7 Å². The third-order valence-corrected chi connectivity index (χ3v) is 10.5. The van der Waals surface area contributed by atoms with Gasteiger partial charge in [0, 0.05) is 62.2 Å². The number of likely N-dealkylation sites (tertiary alicyclic amines) is 2. The molecule has 7 nitrogen and oxygen atoms in total. The maximum atomic E-state index is 14.6. The summed E-state index contributed by atoms with van der Waals surface area (Å²) in [4.78, 5) is 50.4. The highest BCUT2D eigenvalue weighted by Gasteiger charge is 2.51. The summed E-state index contributed by atoms with van der Waals surface area (Å²) < 4.78 is 0. The van der Waals surface area contributed by atoms with Crippen molar-refractivity contribution in [2.45, 2.75) is 110 Å². The molecule has 5 rings (SSSR count). The molecule has 0 bridgehead atoms. The number of halogens is 1. The summed E-state index contributed by atoms with van der Waals surface area (Å²) in [7, 11) is 3.53. The molecule has 0 radical (unpaired) electrons. The van der Waals surface area contributed by atoms with Crippen molar-refractivity contribution in [3.63, 3.8) is 0 Å². The van der Waals surface area contributed by atoms with E-state index in [9.17, 15) is 14.4 Å². The first-order valence-corrected chi connectivity index (χ1v) is 16.4. The minimum absolute atomic E-state index is 0.0498. The molecule has 4 aliphatic rings. The summed E-state index contributed by atoms with van der Waals surface area (Å²) >= 11 is 6.22. The highest BCUT2D eigenvalue weighted by atomic mass is 35.5. The van der Waals surface area contributed by atoms with Crippen molar-refractivity contribution >= 4 is 29.3 Å². The zero-order valence-corrected chi connectivity index (χ0v) is 27.5. The molecule has 2 heterocycles. The third kappa shape index (κ3) is 6.52. The van der Waals surface area contributed by atoms with E-state index in [1.807, 2.05) is 49.9 Å². The first-order valence-electron chi connectivity index (χ1n) is 16.0. The second-order valence-corrected chi connectivity index (χ2v) is 15.9. The summed E-state index contributed by atoms with van der Waals surface area (Å²) in [5.41, 5.74) is 0.864. The normalized spacial score (nSPS) is 28.6. The van der Waals surface area contributed by atoms with Gasteiger partial charge in [0.15, 0.2) is 0 Å². The van der Waals surface area contributed by atoms with Crippen LogP contribution in [0, 0.1) is 16.7 Å². The van der Waals surface area contributed by atoms with Crippen LogP contribution in [-0.2, 0) is 14.4 Å². The first kappa shape index (κ1) is 31.3. The Morgan fingerprint density at radius 2 is 1.52 bits per heavy atom. The predicted octanol–water partition coefficient (Wildman–Crippen LogP) is 5.42. The van der Waals surface area contributed by atoms with Crippen LogP contribution >= 0.6 is 11.6 Å². The number of nitrogens with zero attached hydrogens (tertiary/aromatic N) is 4. The van der Waals surface area contributed by atoms with E-state index in [0.29, 0.717) is 30.6 Å². The van der Waals surface area contributed by atoms with Crippen molar-refractivity contribution in [1.82, 2.24) is 19.6 Å². The molecule has 0 spiro atoms. The van der Waals surface area contributed by atoms with E-state index in [4.69, 9.17) is 11.6 Å². The van der Waals surface area contributed by atoms with Crippen LogP contribution in [0.2, 0.25) is 5.02 Å². The molecule has 4 atom stereocenters. The lowest BCUT2D eigenvalue weighted by Crippen LogP contribution is -2.54. The van der Waals surface area contributed by atoms with E-state index < -0.39 is 11.5 Å². The van der Waals surface area contributed by atoms with Crippen LogP contribution < -0.4 is 0 Å². The number of carbonyl (C=O) groups is 3. The Balaban J connectivity index is 1.45. The minimum Gasteiger partial charge on any atom is -0.347 e. The van der Waals surface area contributed by atoms with E-state index in [-0.39, 0.29) is 47.1 Å². The Labute approximate surface area is 257 Å². The van der Waals surface area contributed by atoms with Crippen LogP contribution in [0.3, 0.4) is 0 Å². The van der Waals surface area contributed by atoms with E-state index in [1.165, 1.54) is 12.8 Å². The van der Waals surface area contributed by atoms with Gasteiger partial charge in [-0.05, 0) is 68.1 Å². The number of hydrogen-bond donors (Lipinski definition) is 0. The van der Waals surface area contributed by atoms with Gasteiger partial charge in [-0.2, -0.15) is 0 Å². The molecular weight excluding hydrogens is 548 g/mol. The molecule has 232 valence electrons. The van der Waals surface area contributed by atoms with Crippen molar-refractivity contribution in [3.8, 4) is 0 Å². The molecule has 0 aromatic heterocycles. The quantitative estimate of drug-likeness (QED) is 0.439. The van der Waals surface area contributed by atoms with E-state index in [1.54, 1.807) is 19.0 Å².